The quantitative estimate of drug-likeness (QED) is 0.805. The Balaban J connectivity index is 2.10. The van der Waals surface area contributed by atoms with Crippen molar-refractivity contribution in [1.29, 1.82) is 0 Å². The van der Waals surface area contributed by atoms with Gasteiger partial charge in [-0.2, -0.15) is 0 Å². The topological polar surface area (TPSA) is 64.0 Å². The number of carboxylic acid groups (broad SMARTS) is 1. The van der Waals surface area contributed by atoms with E-state index in [9.17, 15) is 9.90 Å². The molecule has 2 rings (SSSR count). The maximum Gasteiger partial charge on any atom is 0.407 e. The second-order valence-corrected chi connectivity index (χ2v) is 4.24. The summed E-state index contributed by atoms with van der Waals surface area (Å²) in [5.41, 5.74) is 0.747. The van der Waals surface area contributed by atoms with Gasteiger partial charge >= 0.3 is 6.09 Å². The van der Waals surface area contributed by atoms with E-state index >= 15 is 0 Å². The molecule has 2 N–H and O–H groups in total. The maximum absolute atomic E-state index is 10.8. The molecular weight excluding hydrogens is 244 g/mol. The zero-order valence-corrected chi connectivity index (χ0v) is 9.89. The van der Waals surface area contributed by atoms with Crippen molar-refractivity contribution in [2.75, 3.05) is 31.1 Å². The van der Waals surface area contributed by atoms with Crippen LogP contribution in [-0.2, 0) is 0 Å². The number of phenolic OH excluding ortho intramolecular Hbond substituents is 1. The zero-order chi connectivity index (χ0) is 12.4. The molecule has 1 aliphatic rings. The lowest BCUT2D eigenvalue weighted by Gasteiger charge is -2.35. The predicted octanol–water partition coefficient (Wildman–Crippen LogP) is 1.85. The number of phenols is 1. The molecule has 0 bridgehead atoms. The van der Waals surface area contributed by atoms with E-state index in [1.54, 1.807) is 6.07 Å². The van der Waals surface area contributed by atoms with Crippen LogP contribution in [0.4, 0.5) is 10.5 Å². The molecule has 1 fully saturated rings. The Morgan fingerprint density at radius 2 is 1.88 bits per heavy atom. The first-order valence-corrected chi connectivity index (χ1v) is 5.67. The monoisotopic (exact) mass is 256 g/mol. The van der Waals surface area contributed by atoms with Crippen LogP contribution < -0.4 is 4.90 Å². The third kappa shape index (κ3) is 2.39. The lowest BCUT2D eigenvalue weighted by Crippen LogP contribution is -2.48. The Labute approximate surface area is 104 Å². The molecule has 6 heteroatoms. The first-order valence-electron chi connectivity index (χ1n) is 5.30. The van der Waals surface area contributed by atoms with Gasteiger partial charge in [0.1, 0.15) is 10.8 Å². The van der Waals surface area contributed by atoms with Crippen molar-refractivity contribution >= 4 is 23.4 Å². The second-order valence-electron chi connectivity index (χ2n) is 3.87. The minimum Gasteiger partial charge on any atom is -0.506 e. The highest BCUT2D eigenvalue weighted by molar-refractivity contribution is 6.34. The number of anilines is 1. The Bertz CT molecular complexity index is 431. The number of rotatable bonds is 1. The third-order valence-corrected chi connectivity index (χ3v) is 3.24. The van der Waals surface area contributed by atoms with Gasteiger partial charge in [-0.3, -0.25) is 0 Å². The van der Waals surface area contributed by atoms with Gasteiger partial charge in [0.15, 0.2) is 0 Å². The summed E-state index contributed by atoms with van der Waals surface area (Å²) in [4.78, 5) is 14.1. The predicted molar refractivity (Wildman–Crippen MR) is 64.9 cm³/mol. The number of carbonyl (C=O) groups is 1. The molecule has 0 radical (unpaired) electrons. The highest BCUT2D eigenvalue weighted by Crippen LogP contribution is 2.33. The van der Waals surface area contributed by atoms with Crippen LogP contribution in [0, 0.1) is 0 Å². The van der Waals surface area contributed by atoms with Crippen LogP contribution in [0.3, 0.4) is 0 Å². The van der Waals surface area contributed by atoms with Crippen LogP contribution in [0.2, 0.25) is 5.02 Å². The number of hydrogen-bond donors (Lipinski definition) is 2. The molecule has 1 aromatic carbocycles. The SMILES string of the molecule is O=C(O)N1CCN(c2cccc(O)c2Cl)CC1. The molecule has 0 spiro atoms. The van der Waals surface area contributed by atoms with E-state index in [4.69, 9.17) is 16.7 Å². The Kier molecular flexibility index (Phi) is 3.28. The van der Waals surface area contributed by atoms with E-state index in [-0.39, 0.29) is 5.75 Å². The Morgan fingerprint density at radius 3 is 2.47 bits per heavy atom. The summed E-state index contributed by atoms with van der Waals surface area (Å²) in [6, 6.07) is 5.07. The molecule has 1 aliphatic heterocycles. The number of benzene rings is 1. The van der Waals surface area contributed by atoms with Crippen molar-refractivity contribution in [3.8, 4) is 5.75 Å². The van der Waals surface area contributed by atoms with Crippen LogP contribution >= 0.6 is 11.6 Å². The van der Waals surface area contributed by atoms with Gasteiger partial charge in [0.25, 0.3) is 0 Å². The van der Waals surface area contributed by atoms with Crippen molar-refractivity contribution in [3.63, 3.8) is 0 Å². The molecule has 1 saturated heterocycles. The number of amides is 1. The fourth-order valence-electron chi connectivity index (χ4n) is 1.89. The molecule has 0 atom stereocenters. The largest absolute Gasteiger partial charge is 0.506 e. The van der Waals surface area contributed by atoms with Crippen molar-refractivity contribution in [1.82, 2.24) is 4.90 Å². The van der Waals surface area contributed by atoms with Crippen LogP contribution in [-0.4, -0.2) is 47.4 Å². The molecule has 0 aliphatic carbocycles. The fourth-order valence-corrected chi connectivity index (χ4v) is 2.14. The van der Waals surface area contributed by atoms with Gasteiger partial charge in [0, 0.05) is 26.2 Å². The van der Waals surface area contributed by atoms with E-state index in [0.717, 1.165) is 5.69 Å². The van der Waals surface area contributed by atoms with Gasteiger partial charge in [-0.1, -0.05) is 17.7 Å². The highest BCUT2D eigenvalue weighted by Gasteiger charge is 2.22. The van der Waals surface area contributed by atoms with Gasteiger partial charge in [0.2, 0.25) is 0 Å². The van der Waals surface area contributed by atoms with E-state index in [1.165, 1.54) is 11.0 Å². The molecule has 5 nitrogen and oxygen atoms in total. The van der Waals surface area contributed by atoms with Gasteiger partial charge in [-0.05, 0) is 12.1 Å². The van der Waals surface area contributed by atoms with E-state index in [1.807, 2.05) is 11.0 Å². The fraction of sp³-hybridized carbons (Fsp3) is 0.364. The van der Waals surface area contributed by atoms with E-state index < -0.39 is 6.09 Å². The molecule has 0 unspecified atom stereocenters. The van der Waals surface area contributed by atoms with E-state index in [0.29, 0.717) is 31.2 Å². The lowest BCUT2D eigenvalue weighted by atomic mass is 10.2. The van der Waals surface area contributed by atoms with Gasteiger partial charge in [-0.25, -0.2) is 4.79 Å². The normalized spacial score (nSPS) is 16.1. The summed E-state index contributed by atoms with van der Waals surface area (Å²) in [6.45, 7) is 2.05. The molecular formula is C11H13ClN2O3. The van der Waals surface area contributed by atoms with Crippen molar-refractivity contribution in [2.24, 2.45) is 0 Å². The molecule has 17 heavy (non-hydrogen) atoms. The minimum absolute atomic E-state index is 0.0461. The first-order chi connectivity index (χ1) is 8.09. The molecule has 1 amide bonds. The van der Waals surface area contributed by atoms with Gasteiger partial charge in [-0.15, -0.1) is 0 Å². The summed E-state index contributed by atoms with van der Waals surface area (Å²) >= 11 is 6.00. The van der Waals surface area contributed by atoms with Crippen molar-refractivity contribution in [3.05, 3.63) is 23.2 Å². The Hall–Kier alpha value is -1.62. The number of aromatic hydroxyl groups is 1. The smallest absolute Gasteiger partial charge is 0.407 e. The summed E-state index contributed by atoms with van der Waals surface area (Å²) in [7, 11) is 0. The second kappa shape index (κ2) is 4.71. The average molecular weight is 257 g/mol. The molecule has 1 heterocycles. The Morgan fingerprint density at radius 1 is 1.24 bits per heavy atom. The van der Waals surface area contributed by atoms with Crippen molar-refractivity contribution < 1.29 is 15.0 Å². The standard InChI is InChI=1S/C11H13ClN2O3/c12-10-8(2-1-3-9(10)15)13-4-6-14(7-5-13)11(16)17/h1-3,15H,4-7H2,(H,16,17). The maximum atomic E-state index is 10.8. The third-order valence-electron chi connectivity index (χ3n) is 2.85. The van der Waals surface area contributed by atoms with Gasteiger partial charge < -0.3 is 20.0 Å². The molecule has 92 valence electrons. The summed E-state index contributed by atoms with van der Waals surface area (Å²) in [5.74, 6) is 0.0461. The van der Waals surface area contributed by atoms with Crippen LogP contribution in [0.25, 0.3) is 0 Å². The summed E-state index contributed by atoms with van der Waals surface area (Å²) in [5, 5.41) is 18.7. The van der Waals surface area contributed by atoms with Crippen molar-refractivity contribution in [2.45, 2.75) is 0 Å². The van der Waals surface area contributed by atoms with Crippen LogP contribution in [0.5, 0.6) is 5.75 Å². The number of hydrogen-bond acceptors (Lipinski definition) is 3. The number of piperazine rings is 1. The first kappa shape index (κ1) is 11.9. The number of nitrogens with zero attached hydrogens (tertiary/aromatic N) is 2. The lowest BCUT2D eigenvalue weighted by molar-refractivity contribution is 0.142. The molecule has 0 saturated carbocycles. The van der Waals surface area contributed by atoms with Crippen LogP contribution in [0.15, 0.2) is 18.2 Å². The summed E-state index contributed by atoms with van der Waals surface area (Å²) in [6.07, 6.45) is -0.897. The molecule has 1 aromatic rings. The van der Waals surface area contributed by atoms with E-state index in [2.05, 4.69) is 0 Å². The average Bonchev–Trinajstić information content (AvgIpc) is 2.33. The zero-order valence-electron chi connectivity index (χ0n) is 9.14. The summed E-state index contributed by atoms with van der Waals surface area (Å²) < 4.78 is 0. The van der Waals surface area contributed by atoms with Crippen LogP contribution in [0.1, 0.15) is 0 Å². The number of halogens is 1. The minimum atomic E-state index is -0.897. The van der Waals surface area contributed by atoms with Gasteiger partial charge in [0.05, 0.1) is 5.69 Å². The molecule has 0 aromatic heterocycles. The highest BCUT2D eigenvalue weighted by atomic mass is 35.5.